The molecule has 1 aromatic carbocycles. The zero-order valence-corrected chi connectivity index (χ0v) is 11.9. The molecule has 0 saturated heterocycles. The van der Waals surface area contributed by atoms with E-state index in [1.54, 1.807) is 0 Å². The van der Waals surface area contributed by atoms with Crippen molar-refractivity contribution in [3.63, 3.8) is 0 Å². The fourth-order valence-corrected chi connectivity index (χ4v) is 2.40. The van der Waals surface area contributed by atoms with Crippen LogP contribution in [0.1, 0.15) is 50.4 Å². The lowest BCUT2D eigenvalue weighted by Crippen LogP contribution is -2.29. The maximum Gasteiger partial charge on any atom is 0.0743 e. The topological polar surface area (TPSA) is 38.9 Å². The summed E-state index contributed by atoms with van der Waals surface area (Å²) in [7, 11) is 0. The second-order valence-electron chi connectivity index (χ2n) is 5.93. The molecule has 18 heavy (non-hydrogen) atoms. The fourth-order valence-electron chi connectivity index (χ4n) is 2.40. The summed E-state index contributed by atoms with van der Waals surface area (Å²) < 4.78 is 0. The Morgan fingerprint density at radius 2 is 1.89 bits per heavy atom. The molecular weight excluding hydrogens is 220 g/mol. The Balaban J connectivity index is 2.87. The van der Waals surface area contributed by atoms with E-state index in [2.05, 4.69) is 38.1 Å². The van der Waals surface area contributed by atoms with Gasteiger partial charge in [0, 0.05) is 16.6 Å². The van der Waals surface area contributed by atoms with Gasteiger partial charge in [0.1, 0.15) is 0 Å². The third-order valence-electron chi connectivity index (χ3n) is 3.31. The van der Waals surface area contributed by atoms with Crippen molar-refractivity contribution in [3.05, 3.63) is 41.1 Å². The van der Waals surface area contributed by atoms with Gasteiger partial charge in [0.15, 0.2) is 0 Å². The van der Waals surface area contributed by atoms with Crippen molar-refractivity contribution < 1.29 is 0 Å². The first-order valence-corrected chi connectivity index (χ1v) is 6.50. The molecule has 2 rings (SSSR count). The summed E-state index contributed by atoms with van der Waals surface area (Å²) in [5.74, 6) is 0.469. The minimum absolute atomic E-state index is 0.346. The molecule has 2 N–H and O–H groups in total. The summed E-state index contributed by atoms with van der Waals surface area (Å²) in [6, 6.07) is 8.49. The number of para-hydroxylation sites is 1. The molecule has 0 aliphatic carbocycles. The van der Waals surface area contributed by atoms with Crippen LogP contribution in [0.4, 0.5) is 0 Å². The van der Waals surface area contributed by atoms with Gasteiger partial charge in [0.2, 0.25) is 0 Å². The summed E-state index contributed by atoms with van der Waals surface area (Å²) in [5, 5.41) is 1.18. The quantitative estimate of drug-likeness (QED) is 0.868. The van der Waals surface area contributed by atoms with Crippen LogP contribution < -0.4 is 5.73 Å². The van der Waals surface area contributed by atoms with E-state index in [0.717, 1.165) is 11.2 Å². The Bertz CT molecular complexity index is 577. The molecule has 0 atom stereocenters. The van der Waals surface area contributed by atoms with Gasteiger partial charge in [-0.05, 0) is 43.9 Å². The van der Waals surface area contributed by atoms with E-state index in [-0.39, 0.29) is 5.54 Å². The number of fused-ring (bicyclic) bond motifs is 1. The lowest BCUT2D eigenvalue weighted by atomic mass is 9.89. The zero-order chi connectivity index (χ0) is 13.5. The van der Waals surface area contributed by atoms with Crippen molar-refractivity contribution in [1.29, 1.82) is 0 Å². The van der Waals surface area contributed by atoms with Crippen LogP contribution in [0, 0.1) is 6.92 Å². The SMILES string of the molecule is Cc1cc(C(C)(C)N)c2cccc(C(C)C)c2n1. The summed E-state index contributed by atoms with van der Waals surface area (Å²) >= 11 is 0. The van der Waals surface area contributed by atoms with Crippen LogP contribution in [0.15, 0.2) is 24.3 Å². The molecule has 2 aromatic rings. The molecular formula is C16H22N2. The number of hydrogen-bond donors (Lipinski definition) is 1. The van der Waals surface area contributed by atoms with Gasteiger partial charge < -0.3 is 5.73 Å². The first kappa shape index (κ1) is 13.0. The smallest absolute Gasteiger partial charge is 0.0743 e. The number of rotatable bonds is 2. The third kappa shape index (κ3) is 2.25. The van der Waals surface area contributed by atoms with Gasteiger partial charge in [0.25, 0.3) is 0 Å². The molecule has 0 radical (unpaired) electrons. The molecule has 0 amide bonds. The van der Waals surface area contributed by atoms with E-state index in [9.17, 15) is 0 Å². The highest BCUT2D eigenvalue weighted by atomic mass is 14.7. The molecule has 0 bridgehead atoms. The van der Waals surface area contributed by atoms with Crippen LogP contribution in [0.2, 0.25) is 0 Å². The minimum atomic E-state index is -0.346. The summed E-state index contributed by atoms with van der Waals surface area (Å²) in [4.78, 5) is 4.72. The van der Waals surface area contributed by atoms with Gasteiger partial charge in [-0.15, -0.1) is 0 Å². The number of pyridine rings is 1. The molecule has 2 nitrogen and oxygen atoms in total. The van der Waals surface area contributed by atoms with Gasteiger partial charge in [-0.2, -0.15) is 0 Å². The number of aryl methyl sites for hydroxylation is 1. The Morgan fingerprint density at radius 1 is 1.22 bits per heavy atom. The third-order valence-corrected chi connectivity index (χ3v) is 3.31. The van der Waals surface area contributed by atoms with Crippen LogP contribution in [-0.2, 0) is 5.54 Å². The first-order valence-electron chi connectivity index (χ1n) is 6.50. The van der Waals surface area contributed by atoms with E-state index in [1.165, 1.54) is 16.5 Å². The van der Waals surface area contributed by atoms with E-state index in [1.807, 2.05) is 20.8 Å². The molecule has 2 heteroatoms. The predicted molar refractivity (Wildman–Crippen MR) is 77.8 cm³/mol. The van der Waals surface area contributed by atoms with Crippen molar-refractivity contribution in [2.45, 2.75) is 46.1 Å². The monoisotopic (exact) mass is 242 g/mol. The van der Waals surface area contributed by atoms with E-state index in [4.69, 9.17) is 10.7 Å². The number of nitrogens with zero attached hydrogens (tertiary/aromatic N) is 1. The molecule has 0 aliphatic heterocycles. The number of nitrogens with two attached hydrogens (primary N) is 1. The molecule has 96 valence electrons. The largest absolute Gasteiger partial charge is 0.322 e. The van der Waals surface area contributed by atoms with Crippen molar-refractivity contribution in [2.24, 2.45) is 5.73 Å². The highest BCUT2D eigenvalue weighted by molar-refractivity contribution is 5.86. The predicted octanol–water partition coefficient (Wildman–Crippen LogP) is 3.86. The Morgan fingerprint density at radius 3 is 2.44 bits per heavy atom. The van der Waals surface area contributed by atoms with Crippen molar-refractivity contribution in [2.75, 3.05) is 0 Å². The fraction of sp³-hybridized carbons (Fsp3) is 0.438. The second-order valence-corrected chi connectivity index (χ2v) is 5.93. The van der Waals surface area contributed by atoms with E-state index >= 15 is 0 Å². The van der Waals surface area contributed by atoms with E-state index < -0.39 is 0 Å². The highest BCUT2D eigenvalue weighted by Gasteiger charge is 2.19. The van der Waals surface area contributed by atoms with Crippen LogP contribution in [0.25, 0.3) is 10.9 Å². The van der Waals surface area contributed by atoms with Crippen molar-refractivity contribution >= 4 is 10.9 Å². The van der Waals surface area contributed by atoms with E-state index in [0.29, 0.717) is 5.92 Å². The maximum absolute atomic E-state index is 6.29. The maximum atomic E-state index is 6.29. The Hall–Kier alpha value is -1.41. The lowest BCUT2D eigenvalue weighted by molar-refractivity contribution is 0.558. The summed E-state index contributed by atoms with van der Waals surface area (Å²) in [6.45, 7) is 10.5. The standard InChI is InChI=1S/C16H22N2/c1-10(2)12-7-6-8-13-14(16(4,5)17)9-11(3)18-15(12)13/h6-10H,17H2,1-5H3. The Kier molecular flexibility index (Phi) is 3.16. The zero-order valence-electron chi connectivity index (χ0n) is 11.9. The van der Waals surface area contributed by atoms with Gasteiger partial charge >= 0.3 is 0 Å². The molecule has 0 unspecified atom stereocenters. The number of benzene rings is 1. The molecule has 0 fully saturated rings. The molecule has 1 heterocycles. The van der Waals surface area contributed by atoms with Crippen LogP contribution in [0.3, 0.4) is 0 Å². The van der Waals surface area contributed by atoms with Crippen LogP contribution >= 0.6 is 0 Å². The number of aromatic nitrogens is 1. The van der Waals surface area contributed by atoms with Crippen LogP contribution in [0.5, 0.6) is 0 Å². The second kappa shape index (κ2) is 4.36. The van der Waals surface area contributed by atoms with Gasteiger partial charge in [0.05, 0.1) is 5.52 Å². The molecule has 0 saturated carbocycles. The number of hydrogen-bond acceptors (Lipinski definition) is 2. The minimum Gasteiger partial charge on any atom is -0.322 e. The molecule has 0 aliphatic rings. The lowest BCUT2D eigenvalue weighted by Gasteiger charge is -2.23. The van der Waals surface area contributed by atoms with Crippen LogP contribution in [-0.4, -0.2) is 4.98 Å². The normalized spacial score (nSPS) is 12.4. The Labute approximate surface area is 109 Å². The van der Waals surface area contributed by atoms with Gasteiger partial charge in [-0.1, -0.05) is 32.0 Å². The summed E-state index contributed by atoms with van der Waals surface area (Å²) in [6.07, 6.45) is 0. The molecule has 0 spiro atoms. The van der Waals surface area contributed by atoms with Crippen molar-refractivity contribution in [1.82, 2.24) is 4.98 Å². The van der Waals surface area contributed by atoms with Crippen molar-refractivity contribution in [3.8, 4) is 0 Å². The highest BCUT2D eigenvalue weighted by Crippen LogP contribution is 2.31. The average Bonchev–Trinajstić information content (AvgIpc) is 2.25. The molecule has 1 aromatic heterocycles. The van der Waals surface area contributed by atoms with Gasteiger partial charge in [-0.3, -0.25) is 4.98 Å². The summed E-state index contributed by atoms with van der Waals surface area (Å²) in [5.41, 5.74) is 10.5. The van der Waals surface area contributed by atoms with Gasteiger partial charge in [-0.25, -0.2) is 0 Å². The average molecular weight is 242 g/mol. The first-order chi connectivity index (χ1) is 8.30.